The number of rotatable bonds is 2. The third-order valence-electron chi connectivity index (χ3n) is 1.31. The molecule has 50 valence electrons. The van der Waals surface area contributed by atoms with Crippen LogP contribution in [-0.4, -0.2) is 5.75 Å². The molecule has 0 N–H and O–H groups in total. The van der Waals surface area contributed by atoms with E-state index in [0.717, 1.165) is 12.2 Å². The van der Waals surface area contributed by atoms with Gasteiger partial charge in [0.1, 0.15) is 0 Å². The molecule has 1 rings (SSSR count). The van der Waals surface area contributed by atoms with E-state index in [4.69, 9.17) is 0 Å². The third-order valence-corrected chi connectivity index (χ3v) is 2.61. The molecular weight excluding hydrogens is 148 g/mol. The highest BCUT2D eigenvalue weighted by atomic mass is 32.1. The van der Waals surface area contributed by atoms with E-state index in [2.05, 4.69) is 31.0 Å². The molecule has 0 aliphatic heterocycles. The molecule has 0 aromatic carbocycles. The first-order valence-corrected chi connectivity index (χ1v) is 4.49. The third kappa shape index (κ3) is 1.73. The molecule has 1 aromatic rings. The average molecular weight is 158 g/mol. The summed E-state index contributed by atoms with van der Waals surface area (Å²) in [6, 6.07) is 2.16. The molecule has 1 heterocycles. The van der Waals surface area contributed by atoms with Gasteiger partial charge in [-0.05, 0) is 36.1 Å². The van der Waals surface area contributed by atoms with Crippen LogP contribution in [0.2, 0.25) is 0 Å². The highest BCUT2D eigenvalue weighted by molar-refractivity contribution is 7.80. The summed E-state index contributed by atoms with van der Waals surface area (Å²) in [6.45, 7) is 2.15. The van der Waals surface area contributed by atoms with E-state index < -0.39 is 0 Å². The van der Waals surface area contributed by atoms with Crippen molar-refractivity contribution in [3.63, 3.8) is 0 Å². The van der Waals surface area contributed by atoms with Gasteiger partial charge >= 0.3 is 0 Å². The summed E-state index contributed by atoms with van der Waals surface area (Å²) in [5.74, 6) is 0.960. The molecule has 0 aliphatic rings. The van der Waals surface area contributed by atoms with Gasteiger partial charge in [-0.15, -0.1) is 11.3 Å². The number of thiophene rings is 1. The van der Waals surface area contributed by atoms with Gasteiger partial charge in [0.05, 0.1) is 0 Å². The topological polar surface area (TPSA) is 0 Å². The maximum atomic E-state index is 4.16. The Morgan fingerprint density at radius 1 is 1.67 bits per heavy atom. The van der Waals surface area contributed by atoms with Crippen LogP contribution in [0.25, 0.3) is 0 Å². The quantitative estimate of drug-likeness (QED) is 0.628. The lowest BCUT2D eigenvalue weighted by Crippen LogP contribution is -1.82. The van der Waals surface area contributed by atoms with Crippen LogP contribution >= 0.6 is 24.0 Å². The molecule has 2 heteroatoms. The smallest absolute Gasteiger partial charge is 0.00825 e. The van der Waals surface area contributed by atoms with Crippen molar-refractivity contribution in [2.24, 2.45) is 0 Å². The Morgan fingerprint density at radius 2 is 2.44 bits per heavy atom. The second kappa shape index (κ2) is 3.28. The van der Waals surface area contributed by atoms with Gasteiger partial charge in [0.25, 0.3) is 0 Å². The van der Waals surface area contributed by atoms with E-state index >= 15 is 0 Å². The fraction of sp³-hybridized carbons (Fsp3) is 0.429. The van der Waals surface area contributed by atoms with Crippen LogP contribution in [0, 0.1) is 6.92 Å². The van der Waals surface area contributed by atoms with Crippen LogP contribution in [0.4, 0.5) is 0 Å². The predicted molar refractivity (Wildman–Crippen MR) is 46.6 cm³/mol. The molecule has 9 heavy (non-hydrogen) atoms. The molecule has 0 saturated heterocycles. The van der Waals surface area contributed by atoms with Crippen molar-refractivity contribution in [1.82, 2.24) is 0 Å². The van der Waals surface area contributed by atoms with E-state index in [1.165, 1.54) is 10.4 Å². The standard InChI is InChI=1S/C7H10S2/c1-6-3-5-9-7(6)2-4-8/h3,5,8H,2,4H2,1H3. The van der Waals surface area contributed by atoms with E-state index in [1.54, 1.807) is 0 Å². The largest absolute Gasteiger partial charge is 0.179 e. The molecule has 0 radical (unpaired) electrons. The van der Waals surface area contributed by atoms with Crippen molar-refractivity contribution in [2.75, 3.05) is 5.75 Å². The minimum absolute atomic E-state index is 0.960. The molecule has 0 bridgehead atoms. The monoisotopic (exact) mass is 158 g/mol. The van der Waals surface area contributed by atoms with Gasteiger partial charge in [-0.3, -0.25) is 0 Å². The molecule has 0 fully saturated rings. The first-order chi connectivity index (χ1) is 4.34. The Hall–Kier alpha value is 0.0500. The summed E-state index contributed by atoms with van der Waals surface area (Å²) in [7, 11) is 0. The second-order valence-corrected chi connectivity index (χ2v) is 3.45. The second-order valence-electron chi connectivity index (χ2n) is 2.00. The minimum Gasteiger partial charge on any atom is -0.179 e. The molecule has 0 saturated carbocycles. The van der Waals surface area contributed by atoms with Crippen molar-refractivity contribution in [3.05, 3.63) is 21.9 Å². The van der Waals surface area contributed by atoms with Gasteiger partial charge in [0, 0.05) is 4.88 Å². The Bertz CT molecular complexity index is 179. The van der Waals surface area contributed by atoms with Gasteiger partial charge in [0.15, 0.2) is 0 Å². The lowest BCUT2D eigenvalue weighted by atomic mass is 10.2. The Balaban J connectivity index is 2.69. The lowest BCUT2D eigenvalue weighted by molar-refractivity contribution is 1.18. The summed E-state index contributed by atoms with van der Waals surface area (Å²) in [5, 5.41) is 2.13. The molecule has 0 atom stereocenters. The van der Waals surface area contributed by atoms with E-state index in [-0.39, 0.29) is 0 Å². The summed E-state index contributed by atoms with van der Waals surface area (Å²) in [5.41, 5.74) is 1.41. The number of hydrogen-bond donors (Lipinski definition) is 1. The van der Waals surface area contributed by atoms with E-state index in [9.17, 15) is 0 Å². The molecule has 0 spiro atoms. The molecule has 0 amide bonds. The van der Waals surface area contributed by atoms with Gasteiger partial charge < -0.3 is 0 Å². The van der Waals surface area contributed by atoms with Crippen molar-refractivity contribution in [3.8, 4) is 0 Å². The van der Waals surface area contributed by atoms with Gasteiger partial charge in [0.2, 0.25) is 0 Å². The zero-order valence-electron chi connectivity index (χ0n) is 5.42. The molecule has 1 aromatic heterocycles. The number of thiol groups is 1. The molecule has 0 aliphatic carbocycles. The Labute approximate surface area is 65.3 Å². The van der Waals surface area contributed by atoms with Crippen LogP contribution in [0.3, 0.4) is 0 Å². The molecule has 0 unspecified atom stereocenters. The minimum atomic E-state index is 0.960. The normalized spacial score (nSPS) is 10.0. The Morgan fingerprint density at radius 3 is 2.89 bits per heavy atom. The summed E-state index contributed by atoms with van der Waals surface area (Å²) >= 11 is 5.99. The average Bonchev–Trinajstić information content (AvgIpc) is 2.18. The van der Waals surface area contributed by atoms with Crippen LogP contribution < -0.4 is 0 Å². The highest BCUT2D eigenvalue weighted by Crippen LogP contribution is 2.15. The van der Waals surface area contributed by atoms with Gasteiger partial charge in [-0.25, -0.2) is 0 Å². The highest BCUT2D eigenvalue weighted by Gasteiger charge is 1.95. The Kier molecular flexibility index (Phi) is 2.61. The van der Waals surface area contributed by atoms with E-state index in [0.29, 0.717) is 0 Å². The van der Waals surface area contributed by atoms with Crippen molar-refractivity contribution >= 4 is 24.0 Å². The van der Waals surface area contributed by atoms with E-state index in [1.807, 2.05) is 11.3 Å². The van der Waals surface area contributed by atoms with Crippen molar-refractivity contribution < 1.29 is 0 Å². The molecular formula is C7H10S2. The summed E-state index contributed by atoms with van der Waals surface area (Å²) in [6.07, 6.45) is 1.12. The van der Waals surface area contributed by atoms with Gasteiger partial charge in [-0.2, -0.15) is 12.6 Å². The van der Waals surface area contributed by atoms with Crippen LogP contribution in [0.1, 0.15) is 10.4 Å². The fourth-order valence-electron chi connectivity index (χ4n) is 0.762. The van der Waals surface area contributed by atoms with Crippen LogP contribution in [0.15, 0.2) is 11.4 Å². The first kappa shape index (κ1) is 7.16. The first-order valence-electron chi connectivity index (χ1n) is 2.98. The predicted octanol–water partition coefficient (Wildman–Crippen LogP) is 2.53. The maximum Gasteiger partial charge on any atom is 0.00825 e. The fourth-order valence-corrected chi connectivity index (χ4v) is 2.05. The lowest BCUT2D eigenvalue weighted by Gasteiger charge is -1.91. The van der Waals surface area contributed by atoms with Gasteiger partial charge in [-0.1, -0.05) is 0 Å². The SMILES string of the molecule is Cc1ccsc1CCS. The van der Waals surface area contributed by atoms with Crippen LogP contribution in [-0.2, 0) is 6.42 Å². The molecule has 0 nitrogen and oxygen atoms in total. The number of hydrogen-bond acceptors (Lipinski definition) is 2. The summed E-state index contributed by atoms with van der Waals surface area (Å²) < 4.78 is 0. The maximum absolute atomic E-state index is 4.16. The zero-order valence-corrected chi connectivity index (χ0v) is 7.14. The van der Waals surface area contributed by atoms with Crippen molar-refractivity contribution in [2.45, 2.75) is 13.3 Å². The zero-order chi connectivity index (χ0) is 6.69. The van der Waals surface area contributed by atoms with Crippen LogP contribution in [0.5, 0.6) is 0 Å². The number of aryl methyl sites for hydroxylation is 2. The van der Waals surface area contributed by atoms with Crippen molar-refractivity contribution in [1.29, 1.82) is 0 Å². The summed E-state index contributed by atoms with van der Waals surface area (Å²) in [4.78, 5) is 1.48.